The standard InChI is InChI=1S/C9H10BFO3/c1-14-8-3-2-7(9(11)6-8)4-5-10(12)13/h2-6,12-13H,1H3/b5-4+. The molecule has 0 bridgehead atoms. The van der Waals surface area contributed by atoms with Crippen molar-refractivity contribution in [3.8, 4) is 5.75 Å². The summed E-state index contributed by atoms with van der Waals surface area (Å²) in [6, 6.07) is 4.31. The molecule has 0 aliphatic carbocycles. The molecule has 14 heavy (non-hydrogen) atoms. The molecule has 0 aliphatic heterocycles. The first-order valence-corrected chi connectivity index (χ1v) is 4.01. The van der Waals surface area contributed by atoms with Gasteiger partial charge < -0.3 is 14.8 Å². The highest BCUT2D eigenvalue weighted by Crippen LogP contribution is 2.17. The number of hydrogen-bond acceptors (Lipinski definition) is 3. The van der Waals surface area contributed by atoms with Crippen LogP contribution in [-0.2, 0) is 0 Å². The smallest absolute Gasteiger partial charge is 0.480 e. The highest BCUT2D eigenvalue weighted by molar-refractivity contribution is 6.48. The summed E-state index contributed by atoms with van der Waals surface area (Å²) in [6.45, 7) is 0. The number of halogens is 1. The molecule has 1 aromatic rings. The van der Waals surface area contributed by atoms with Gasteiger partial charge in [-0.2, -0.15) is 0 Å². The molecular weight excluding hydrogens is 186 g/mol. The van der Waals surface area contributed by atoms with Crippen LogP contribution in [-0.4, -0.2) is 24.3 Å². The summed E-state index contributed by atoms with van der Waals surface area (Å²) in [5, 5.41) is 17.1. The van der Waals surface area contributed by atoms with E-state index in [1.165, 1.54) is 25.3 Å². The predicted octanol–water partition coefficient (Wildman–Crippen LogP) is 0.859. The van der Waals surface area contributed by atoms with Crippen LogP contribution in [0.1, 0.15) is 5.56 Å². The van der Waals surface area contributed by atoms with E-state index < -0.39 is 12.9 Å². The van der Waals surface area contributed by atoms with Crippen LogP contribution < -0.4 is 4.74 Å². The van der Waals surface area contributed by atoms with Crippen molar-refractivity contribution in [2.24, 2.45) is 0 Å². The number of rotatable bonds is 3. The van der Waals surface area contributed by atoms with Gasteiger partial charge in [0.15, 0.2) is 0 Å². The zero-order valence-corrected chi connectivity index (χ0v) is 7.64. The maximum absolute atomic E-state index is 13.2. The van der Waals surface area contributed by atoms with E-state index in [-0.39, 0.29) is 5.56 Å². The van der Waals surface area contributed by atoms with E-state index in [0.29, 0.717) is 5.75 Å². The molecule has 0 spiro atoms. The quantitative estimate of drug-likeness (QED) is 0.704. The van der Waals surface area contributed by atoms with Gasteiger partial charge in [-0.15, -0.1) is 0 Å². The van der Waals surface area contributed by atoms with Crippen molar-refractivity contribution in [3.05, 3.63) is 35.6 Å². The maximum Gasteiger partial charge on any atom is 0.480 e. The second-order valence-corrected chi connectivity index (χ2v) is 2.66. The van der Waals surface area contributed by atoms with Crippen molar-refractivity contribution in [3.63, 3.8) is 0 Å². The van der Waals surface area contributed by atoms with Gasteiger partial charge in [-0.05, 0) is 12.1 Å². The topological polar surface area (TPSA) is 49.7 Å². The van der Waals surface area contributed by atoms with Gasteiger partial charge in [-0.3, -0.25) is 0 Å². The molecular formula is C9H10BFO3. The monoisotopic (exact) mass is 196 g/mol. The lowest BCUT2D eigenvalue weighted by Gasteiger charge is -2.01. The summed E-state index contributed by atoms with van der Waals surface area (Å²) in [5.41, 5.74) is 0.277. The Kier molecular flexibility index (Phi) is 3.68. The lowest BCUT2D eigenvalue weighted by molar-refractivity contribution is 0.411. The molecule has 0 atom stereocenters. The Morgan fingerprint density at radius 2 is 2.14 bits per heavy atom. The molecule has 74 valence electrons. The van der Waals surface area contributed by atoms with Crippen LogP contribution in [0.15, 0.2) is 24.2 Å². The molecule has 0 saturated carbocycles. The van der Waals surface area contributed by atoms with Crippen LogP contribution in [0.4, 0.5) is 4.39 Å². The molecule has 5 heteroatoms. The van der Waals surface area contributed by atoms with Crippen molar-refractivity contribution in [1.29, 1.82) is 0 Å². The van der Waals surface area contributed by atoms with Crippen LogP contribution in [0.3, 0.4) is 0 Å². The Morgan fingerprint density at radius 1 is 1.43 bits per heavy atom. The second-order valence-electron chi connectivity index (χ2n) is 2.66. The van der Waals surface area contributed by atoms with Gasteiger partial charge in [0, 0.05) is 11.6 Å². The first-order chi connectivity index (χ1) is 6.63. The minimum absolute atomic E-state index is 0.277. The Balaban J connectivity index is 2.89. The van der Waals surface area contributed by atoms with Gasteiger partial charge in [-0.25, -0.2) is 4.39 Å². The zero-order chi connectivity index (χ0) is 10.6. The summed E-state index contributed by atoms with van der Waals surface area (Å²) < 4.78 is 18.0. The summed E-state index contributed by atoms with van der Waals surface area (Å²) in [4.78, 5) is 0. The fourth-order valence-corrected chi connectivity index (χ4v) is 0.960. The van der Waals surface area contributed by atoms with E-state index in [1.807, 2.05) is 0 Å². The molecule has 0 unspecified atom stereocenters. The van der Waals surface area contributed by atoms with Gasteiger partial charge >= 0.3 is 7.12 Å². The second kappa shape index (κ2) is 4.78. The van der Waals surface area contributed by atoms with Gasteiger partial charge in [0.1, 0.15) is 11.6 Å². The molecule has 0 aliphatic rings. The van der Waals surface area contributed by atoms with Crippen molar-refractivity contribution >= 4 is 13.2 Å². The Hall–Kier alpha value is -1.33. The van der Waals surface area contributed by atoms with E-state index in [9.17, 15) is 4.39 Å². The highest BCUT2D eigenvalue weighted by Gasteiger charge is 2.03. The Morgan fingerprint density at radius 3 is 2.64 bits per heavy atom. The maximum atomic E-state index is 13.2. The van der Waals surface area contributed by atoms with Crippen molar-refractivity contribution in [2.75, 3.05) is 7.11 Å². The fourth-order valence-electron chi connectivity index (χ4n) is 0.960. The van der Waals surface area contributed by atoms with E-state index in [0.717, 1.165) is 5.98 Å². The lowest BCUT2D eigenvalue weighted by Crippen LogP contribution is -2.05. The molecule has 3 nitrogen and oxygen atoms in total. The van der Waals surface area contributed by atoms with E-state index in [4.69, 9.17) is 14.8 Å². The van der Waals surface area contributed by atoms with Gasteiger partial charge in [0.2, 0.25) is 0 Å². The van der Waals surface area contributed by atoms with Crippen molar-refractivity contribution in [2.45, 2.75) is 0 Å². The third-order valence-electron chi connectivity index (χ3n) is 1.66. The van der Waals surface area contributed by atoms with Crippen LogP contribution in [0.2, 0.25) is 0 Å². The van der Waals surface area contributed by atoms with Crippen LogP contribution in [0, 0.1) is 5.82 Å². The van der Waals surface area contributed by atoms with E-state index >= 15 is 0 Å². The van der Waals surface area contributed by atoms with Gasteiger partial charge in [0.25, 0.3) is 0 Å². The fraction of sp³-hybridized carbons (Fsp3) is 0.111. The van der Waals surface area contributed by atoms with Crippen LogP contribution in [0.25, 0.3) is 6.08 Å². The minimum Gasteiger partial charge on any atom is -0.497 e. The Bertz CT molecular complexity index is 339. The first kappa shape index (κ1) is 10.8. The van der Waals surface area contributed by atoms with Crippen LogP contribution in [0.5, 0.6) is 5.75 Å². The zero-order valence-electron chi connectivity index (χ0n) is 7.64. The largest absolute Gasteiger partial charge is 0.497 e. The SMILES string of the molecule is COc1ccc(/C=C/B(O)O)c(F)c1. The number of methoxy groups -OCH3 is 1. The normalized spacial score (nSPS) is 10.6. The molecule has 0 heterocycles. The third kappa shape index (κ3) is 2.87. The molecule has 0 saturated heterocycles. The molecule has 0 amide bonds. The van der Waals surface area contributed by atoms with Gasteiger partial charge in [0.05, 0.1) is 7.11 Å². The number of ether oxygens (including phenoxy) is 1. The molecule has 1 rings (SSSR count). The average Bonchev–Trinajstić information content (AvgIpc) is 2.15. The summed E-state index contributed by atoms with van der Waals surface area (Å²) >= 11 is 0. The molecule has 1 aromatic carbocycles. The lowest BCUT2D eigenvalue weighted by atomic mass is 9.91. The van der Waals surface area contributed by atoms with E-state index in [2.05, 4.69) is 0 Å². The van der Waals surface area contributed by atoms with Crippen LogP contribution >= 0.6 is 0 Å². The van der Waals surface area contributed by atoms with Crippen molar-refractivity contribution < 1.29 is 19.2 Å². The average molecular weight is 196 g/mol. The number of hydrogen-bond donors (Lipinski definition) is 2. The summed E-state index contributed by atoms with van der Waals surface area (Å²) in [5.74, 6) is 1.02. The van der Waals surface area contributed by atoms with Crippen molar-refractivity contribution in [1.82, 2.24) is 0 Å². The minimum atomic E-state index is -1.57. The van der Waals surface area contributed by atoms with E-state index in [1.54, 1.807) is 6.07 Å². The molecule has 0 aromatic heterocycles. The Labute approximate surface area is 81.6 Å². The number of benzene rings is 1. The molecule has 0 fully saturated rings. The summed E-state index contributed by atoms with van der Waals surface area (Å²) in [7, 11) is -0.126. The predicted molar refractivity (Wildman–Crippen MR) is 52.2 cm³/mol. The molecule has 0 radical (unpaired) electrons. The summed E-state index contributed by atoms with van der Waals surface area (Å²) in [6.07, 6.45) is 1.29. The third-order valence-corrected chi connectivity index (χ3v) is 1.66. The van der Waals surface area contributed by atoms with Gasteiger partial charge in [-0.1, -0.05) is 12.1 Å². The molecule has 2 N–H and O–H groups in total. The first-order valence-electron chi connectivity index (χ1n) is 4.01. The highest BCUT2D eigenvalue weighted by atomic mass is 19.1.